The Kier molecular flexibility index (Phi) is 4.09. The maximum atomic E-state index is 3.76. The summed E-state index contributed by atoms with van der Waals surface area (Å²) < 4.78 is 0. The van der Waals surface area contributed by atoms with Gasteiger partial charge in [0.05, 0.1) is 0 Å². The van der Waals surface area contributed by atoms with Gasteiger partial charge in [-0.15, -0.1) is 0 Å². The summed E-state index contributed by atoms with van der Waals surface area (Å²) in [5.41, 5.74) is 2.79. The lowest BCUT2D eigenvalue weighted by Crippen LogP contribution is -2.30. The summed E-state index contributed by atoms with van der Waals surface area (Å²) >= 11 is 0. The van der Waals surface area contributed by atoms with Crippen molar-refractivity contribution >= 4 is 5.69 Å². The normalized spacial score (nSPS) is 29.0. The highest BCUT2D eigenvalue weighted by atomic mass is 14.9. The van der Waals surface area contributed by atoms with Crippen LogP contribution in [0.2, 0.25) is 0 Å². The second-order valence-corrected chi connectivity index (χ2v) is 5.77. The average Bonchev–Trinajstić information content (AvgIpc) is 2.28. The summed E-state index contributed by atoms with van der Waals surface area (Å²) in [5, 5.41) is 3.76. The summed E-state index contributed by atoms with van der Waals surface area (Å²) in [6, 6.07) is 9.40. The van der Waals surface area contributed by atoms with Crippen molar-refractivity contribution in [1.82, 2.24) is 0 Å². The highest BCUT2D eigenvalue weighted by molar-refractivity contribution is 5.51. The Labute approximate surface area is 106 Å². The van der Waals surface area contributed by atoms with Crippen LogP contribution in [-0.4, -0.2) is 6.04 Å². The standard InChI is InChI=1S/C16H25N/c1-4-14-7-5-6-8-16(14)17-15-10-12(2)9-13(3)11-15/h5-8,12-13,15,17H,4,9-11H2,1-3H3. The molecule has 2 rings (SSSR count). The smallest absolute Gasteiger partial charge is 0.0374 e. The van der Waals surface area contributed by atoms with E-state index in [0.717, 1.165) is 18.3 Å². The monoisotopic (exact) mass is 231 g/mol. The van der Waals surface area contributed by atoms with E-state index in [0.29, 0.717) is 6.04 Å². The third kappa shape index (κ3) is 3.24. The van der Waals surface area contributed by atoms with E-state index in [9.17, 15) is 0 Å². The lowest BCUT2D eigenvalue weighted by molar-refractivity contribution is 0.281. The Morgan fingerprint density at radius 3 is 2.35 bits per heavy atom. The Hall–Kier alpha value is -0.980. The first kappa shape index (κ1) is 12.5. The van der Waals surface area contributed by atoms with Crippen molar-refractivity contribution in [3.05, 3.63) is 29.8 Å². The molecule has 1 aromatic carbocycles. The van der Waals surface area contributed by atoms with E-state index in [-0.39, 0.29) is 0 Å². The van der Waals surface area contributed by atoms with Gasteiger partial charge in [-0.3, -0.25) is 0 Å². The number of anilines is 1. The molecule has 0 radical (unpaired) electrons. The first-order chi connectivity index (χ1) is 8.19. The second kappa shape index (κ2) is 5.57. The average molecular weight is 231 g/mol. The van der Waals surface area contributed by atoms with E-state index in [1.165, 1.54) is 30.5 Å². The van der Waals surface area contributed by atoms with Gasteiger partial charge in [0.15, 0.2) is 0 Å². The predicted octanol–water partition coefficient (Wildman–Crippen LogP) is 4.49. The van der Waals surface area contributed by atoms with Crippen LogP contribution in [0.25, 0.3) is 0 Å². The van der Waals surface area contributed by atoms with Crippen molar-refractivity contribution in [2.45, 2.75) is 52.5 Å². The maximum Gasteiger partial charge on any atom is 0.0374 e. The van der Waals surface area contributed by atoms with Crippen LogP contribution in [0.4, 0.5) is 5.69 Å². The minimum atomic E-state index is 0.668. The lowest BCUT2D eigenvalue weighted by atomic mass is 9.80. The Morgan fingerprint density at radius 1 is 1.06 bits per heavy atom. The topological polar surface area (TPSA) is 12.0 Å². The quantitative estimate of drug-likeness (QED) is 0.808. The summed E-state index contributed by atoms with van der Waals surface area (Å²) in [7, 11) is 0. The molecule has 17 heavy (non-hydrogen) atoms. The number of para-hydroxylation sites is 1. The highest BCUT2D eigenvalue weighted by Crippen LogP contribution is 2.31. The molecule has 1 aliphatic carbocycles. The van der Waals surface area contributed by atoms with Crippen molar-refractivity contribution in [3.63, 3.8) is 0 Å². The van der Waals surface area contributed by atoms with Crippen molar-refractivity contribution in [2.75, 3.05) is 5.32 Å². The molecular formula is C16H25N. The molecule has 2 unspecified atom stereocenters. The molecule has 1 heteroatoms. The fraction of sp³-hybridized carbons (Fsp3) is 0.625. The zero-order valence-corrected chi connectivity index (χ0v) is 11.4. The van der Waals surface area contributed by atoms with E-state index in [1.807, 2.05) is 0 Å². The van der Waals surface area contributed by atoms with Gasteiger partial charge in [-0.2, -0.15) is 0 Å². The fourth-order valence-corrected chi connectivity index (χ4v) is 3.25. The molecule has 0 amide bonds. The van der Waals surface area contributed by atoms with Gasteiger partial charge in [-0.25, -0.2) is 0 Å². The molecule has 1 N–H and O–H groups in total. The highest BCUT2D eigenvalue weighted by Gasteiger charge is 2.23. The SMILES string of the molecule is CCc1ccccc1NC1CC(C)CC(C)C1. The molecule has 2 atom stereocenters. The maximum absolute atomic E-state index is 3.76. The van der Waals surface area contributed by atoms with Gasteiger partial charge >= 0.3 is 0 Å². The van der Waals surface area contributed by atoms with Crippen LogP contribution >= 0.6 is 0 Å². The van der Waals surface area contributed by atoms with Crippen molar-refractivity contribution < 1.29 is 0 Å². The van der Waals surface area contributed by atoms with Crippen LogP contribution in [0, 0.1) is 11.8 Å². The molecule has 1 aliphatic rings. The molecule has 0 bridgehead atoms. The molecule has 0 saturated heterocycles. The zero-order chi connectivity index (χ0) is 12.3. The van der Waals surface area contributed by atoms with Crippen molar-refractivity contribution in [3.8, 4) is 0 Å². The third-order valence-electron chi connectivity index (χ3n) is 3.94. The first-order valence-electron chi connectivity index (χ1n) is 7.03. The molecule has 0 heterocycles. The van der Waals surface area contributed by atoms with Crippen molar-refractivity contribution in [2.24, 2.45) is 11.8 Å². The molecule has 0 spiro atoms. The number of benzene rings is 1. The van der Waals surface area contributed by atoms with Crippen molar-refractivity contribution in [1.29, 1.82) is 0 Å². The van der Waals surface area contributed by atoms with Gasteiger partial charge in [0.2, 0.25) is 0 Å². The van der Waals surface area contributed by atoms with Crippen LogP contribution in [-0.2, 0) is 6.42 Å². The summed E-state index contributed by atoms with van der Waals surface area (Å²) in [5.74, 6) is 1.73. The second-order valence-electron chi connectivity index (χ2n) is 5.77. The lowest BCUT2D eigenvalue weighted by Gasteiger charge is -2.33. The molecule has 1 saturated carbocycles. The van der Waals surface area contributed by atoms with Crippen LogP contribution in [0.15, 0.2) is 24.3 Å². The summed E-state index contributed by atoms with van der Waals surface area (Å²) in [4.78, 5) is 0. The number of hydrogen-bond donors (Lipinski definition) is 1. The number of nitrogens with one attached hydrogen (secondary N) is 1. The Bertz CT molecular complexity index is 348. The number of rotatable bonds is 3. The summed E-state index contributed by atoms with van der Waals surface area (Å²) in [6.45, 7) is 7.00. The van der Waals surface area contributed by atoms with Gasteiger partial charge < -0.3 is 5.32 Å². The first-order valence-corrected chi connectivity index (χ1v) is 7.03. The molecule has 1 aromatic rings. The molecule has 1 nitrogen and oxygen atoms in total. The predicted molar refractivity (Wildman–Crippen MR) is 75.4 cm³/mol. The van der Waals surface area contributed by atoms with E-state index in [4.69, 9.17) is 0 Å². The Balaban J connectivity index is 2.04. The van der Waals surface area contributed by atoms with Gasteiger partial charge in [0.25, 0.3) is 0 Å². The zero-order valence-electron chi connectivity index (χ0n) is 11.4. The fourth-order valence-electron chi connectivity index (χ4n) is 3.25. The minimum Gasteiger partial charge on any atom is -0.382 e. The van der Waals surface area contributed by atoms with Crippen LogP contribution in [0.1, 0.15) is 45.6 Å². The molecule has 0 aromatic heterocycles. The van der Waals surface area contributed by atoms with E-state index in [2.05, 4.69) is 50.4 Å². The van der Waals surface area contributed by atoms with Gasteiger partial charge in [-0.1, -0.05) is 39.0 Å². The Morgan fingerprint density at radius 2 is 1.71 bits per heavy atom. The molecule has 94 valence electrons. The molecular weight excluding hydrogens is 206 g/mol. The van der Waals surface area contributed by atoms with Gasteiger partial charge in [0, 0.05) is 11.7 Å². The largest absolute Gasteiger partial charge is 0.382 e. The summed E-state index contributed by atoms with van der Waals surface area (Å²) in [6.07, 6.45) is 5.15. The minimum absolute atomic E-state index is 0.668. The number of hydrogen-bond acceptors (Lipinski definition) is 1. The van der Waals surface area contributed by atoms with Crippen LogP contribution < -0.4 is 5.32 Å². The molecule has 1 fully saturated rings. The van der Waals surface area contributed by atoms with Crippen LogP contribution in [0.3, 0.4) is 0 Å². The van der Waals surface area contributed by atoms with E-state index < -0.39 is 0 Å². The van der Waals surface area contributed by atoms with E-state index >= 15 is 0 Å². The third-order valence-corrected chi connectivity index (χ3v) is 3.94. The van der Waals surface area contributed by atoms with Gasteiger partial charge in [0.1, 0.15) is 0 Å². The van der Waals surface area contributed by atoms with Crippen LogP contribution in [0.5, 0.6) is 0 Å². The van der Waals surface area contributed by atoms with Gasteiger partial charge in [-0.05, 0) is 49.1 Å². The van der Waals surface area contributed by atoms with E-state index in [1.54, 1.807) is 0 Å². The molecule has 0 aliphatic heterocycles. The number of aryl methyl sites for hydroxylation is 1.